The molecule has 5 nitrogen and oxygen atoms in total. The number of nitrogens with zero attached hydrogens (tertiary/aromatic N) is 1. The first-order valence-corrected chi connectivity index (χ1v) is 8.31. The number of carbonyl (C=O) groups is 2. The van der Waals surface area contributed by atoms with Crippen LogP contribution in [0.15, 0.2) is 24.3 Å². The second kappa shape index (κ2) is 8.67. The molecule has 0 heterocycles. The van der Waals surface area contributed by atoms with Crippen LogP contribution in [0.25, 0.3) is 0 Å². The van der Waals surface area contributed by atoms with E-state index in [1.807, 2.05) is 32.9 Å². The van der Waals surface area contributed by atoms with Gasteiger partial charge in [0.25, 0.3) is 5.91 Å². The van der Waals surface area contributed by atoms with Crippen LogP contribution < -0.4 is 11.1 Å². The first-order valence-electron chi connectivity index (χ1n) is 8.31. The molecule has 0 bridgehead atoms. The molecule has 1 rings (SSSR count). The molecule has 128 valence electrons. The molecule has 0 saturated heterocycles. The molecule has 0 aliphatic rings. The monoisotopic (exact) mass is 319 g/mol. The van der Waals surface area contributed by atoms with E-state index in [1.54, 1.807) is 24.0 Å². The van der Waals surface area contributed by atoms with Crippen molar-refractivity contribution in [3.8, 4) is 0 Å². The van der Waals surface area contributed by atoms with Gasteiger partial charge in [0, 0.05) is 25.2 Å². The Morgan fingerprint density at radius 1 is 1.13 bits per heavy atom. The molecule has 3 N–H and O–H groups in total. The summed E-state index contributed by atoms with van der Waals surface area (Å²) in [6.07, 6.45) is 1.51. The lowest BCUT2D eigenvalue weighted by Crippen LogP contribution is -2.51. The van der Waals surface area contributed by atoms with E-state index in [4.69, 9.17) is 5.73 Å². The van der Waals surface area contributed by atoms with Gasteiger partial charge in [-0.1, -0.05) is 25.5 Å². The average molecular weight is 319 g/mol. The second-order valence-corrected chi connectivity index (χ2v) is 6.02. The number of carbonyl (C=O) groups excluding carboxylic acids is 2. The van der Waals surface area contributed by atoms with Crippen LogP contribution in [0.2, 0.25) is 0 Å². The molecule has 1 aromatic carbocycles. The van der Waals surface area contributed by atoms with E-state index in [9.17, 15) is 9.59 Å². The minimum Gasteiger partial charge on any atom is -0.350 e. The zero-order chi connectivity index (χ0) is 17.5. The summed E-state index contributed by atoms with van der Waals surface area (Å²) in [5.41, 5.74) is 6.77. The van der Waals surface area contributed by atoms with E-state index in [0.29, 0.717) is 31.6 Å². The summed E-state index contributed by atoms with van der Waals surface area (Å²) in [6, 6.07) is 7.33. The molecule has 23 heavy (non-hydrogen) atoms. The Morgan fingerprint density at radius 3 is 2.17 bits per heavy atom. The zero-order valence-corrected chi connectivity index (χ0v) is 14.7. The highest BCUT2D eigenvalue weighted by Crippen LogP contribution is 2.10. The van der Waals surface area contributed by atoms with Crippen molar-refractivity contribution in [2.24, 2.45) is 5.73 Å². The van der Waals surface area contributed by atoms with E-state index in [0.717, 1.165) is 12.0 Å². The lowest BCUT2D eigenvalue weighted by Gasteiger charge is -2.23. The summed E-state index contributed by atoms with van der Waals surface area (Å²) in [7, 11) is 0. The number of amides is 2. The molecule has 2 amide bonds. The smallest absolute Gasteiger partial charge is 0.253 e. The van der Waals surface area contributed by atoms with Crippen LogP contribution in [-0.2, 0) is 11.3 Å². The number of nitrogens with two attached hydrogens (primary N) is 1. The standard InChI is InChI=1S/C18H29N3O2/c1-5-12-18(4,19)17(23)20-13-14-8-10-15(11-9-14)16(22)21(6-2)7-3/h8-11H,5-7,12-13,19H2,1-4H3,(H,20,23). The summed E-state index contributed by atoms with van der Waals surface area (Å²) in [4.78, 5) is 26.1. The van der Waals surface area contributed by atoms with Crippen molar-refractivity contribution in [2.45, 2.75) is 52.6 Å². The normalized spacial score (nSPS) is 13.3. The zero-order valence-electron chi connectivity index (χ0n) is 14.7. The van der Waals surface area contributed by atoms with Crippen molar-refractivity contribution < 1.29 is 9.59 Å². The van der Waals surface area contributed by atoms with Gasteiger partial charge < -0.3 is 16.0 Å². The van der Waals surface area contributed by atoms with Gasteiger partial charge in [-0.05, 0) is 44.9 Å². The van der Waals surface area contributed by atoms with Gasteiger partial charge in [-0.2, -0.15) is 0 Å². The van der Waals surface area contributed by atoms with Gasteiger partial charge in [-0.25, -0.2) is 0 Å². The maximum Gasteiger partial charge on any atom is 0.253 e. The van der Waals surface area contributed by atoms with E-state index in [1.165, 1.54) is 0 Å². The third-order valence-electron chi connectivity index (χ3n) is 3.99. The topological polar surface area (TPSA) is 75.4 Å². The molecule has 0 aliphatic carbocycles. The molecule has 0 aliphatic heterocycles. The number of hydrogen-bond acceptors (Lipinski definition) is 3. The van der Waals surface area contributed by atoms with E-state index >= 15 is 0 Å². The Bertz CT molecular complexity index is 520. The Morgan fingerprint density at radius 2 is 1.70 bits per heavy atom. The first-order chi connectivity index (χ1) is 10.9. The highest BCUT2D eigenvalue weighted by atomic mass is 16.2. The fourth-order valence-electron chi connectivity index (χ4n) is 2.48. The van der Waals surface area contributed by atoms with Crippen LogP contribution in [0.1, 0.15) is 56.5 Å². The van der Waals surface area contributed by atoms with Crippen molar-refractivity contribution in [1.29, 1.82) is 0 Å². The van der Waals surface area contributed by atoms with Crippen molar-refractivity contribution in [3.05, 3.63) is 35.4 Å². The first kappa shape index (κ1) is 19.2. The Hall–Kier alpha value is -1.88. The number of hydrogen-bond donors (Lipinski definition) is 2. The highest BCUT2D eigenvalue weighted by Gasteiger charge is 2.26. The number of rotatable bonds is 8. The van der Waals surface area contributed by atoms with Gasteiger partial charge in [0.15, 0.2) is 0 Å². The summed E-state index contributed by atoms with van der Waals surface area (Å²) in [6.45, 7) is 9.48. The van der Waals surface area contributed by atoms with E-state index in [-0.39, 0.29) is 11.8 Å². The number of benzene rings is 1. The predicted octanol–water partition coefficient (Wildman–Crippen LogP) is 2.30. The Kier molecular flexibility index (Phi) is 7.23. The molecule has 5 heteroatoms. The van der Waals surface area contributed by atoms with Gasteiger partial charge in [0.2, 0.25) is 5.91 Å². The van der Waals surface area contributed by atoms with Crippen LogP contribution in [-0.4, -0.2) is 35.3 Å². The lowest BCUT2D eigenvalue weighted by atomic mass is 9.96. The molecule has 1 atom stereocenters. The second-order valence-electron chi connectivity index (χ2n) is 6.02. The summed E-state index contributed by atoms with van der Waals surface area (Å²) in [5, 5.41) is 2.86. The molecule has 0 spiro atoms. The van der Waals surface area contributed by atoms with Crippen molar-refractivity contribution >= 4 is 11.8 Å². The maximum atomic E-state index is 12.2. The summed E-state index contributed by atoms with van der Waals surface area (Å²) in [5.74, 6) is -0.120. The van der Waals surface area contributed by atoms with Crippen LogP contribution in [0.5, 0.6) is 0 Å². The van der Waals surface area contributed by atoms with Crippen LogP contribution in [0.4, 0.5) is 0 Å². The molecule has 1 aromatic rings. The molecule has 0 fully saturated rings. The van der Waals surface area contributed by atoms with Gasteiger partial charge in [-0.3, -0.25) is 9.59 Å². The van der Waals surface area contributed by atoms with Crippen molar-refractivity contribution in [3.63, 3.8) is 0 Å². The third kappa shape index (κ3) is 5.36. The minimum absolute atomic E-state index is 0.0306. The van der Waals surface area contributed by atoms with E-state index < -0.39 is 5.54 Å². The fourth-order valence-corrected chi connectivity index (χ4v) is 2.48. The van der Waals surface area contributed by atoms with E-state index in [2.05, 4.69) is 5.32 Å². The van der Waals surface area contributed by atoms with Crippen LogP contribution in [0, 0.1) is 0 Å². The third-order valence-corrected chi connectivity index (χ3v) is 3.99. The van der Waals surface area contributed by atoms with Gasteiger partial charge >= 0.3 is 0 Å². The number of nitrogens with one attached hydrogen (secondary N) is 1. The minimum atomic E-state index is -0.840. The SMILES string of the molecule is CCCC(C)(N)C(=O)NCc1ccc(C(=O)N(CC)CC)cc1. The Labute approximate surface area is 139 Å². The molecular weight excluding hydrogens is 290 g/mol. The maximum absolute atomic E-state index is 12.2. The van der Waals surface area contributed by atoms with Crippen LogP contribution in [0.3, 0.4) is 0 Å². The van der Waals surface area contributed by atoms with Crippen LogP contribution >= 0.6 is 0 Å². The quantitative estimate of drug-likeness (QED) is 0.772. The molecule has 0 saturated carbocycles. The highest BCUT2D eigenvalue weighted by molar-refractivity contribution is 5.94. The van der Waals surface area contributed by atoms with Gasteiger partial charge in [0.1, 0.15) is 0 Å². The fraction of sp³-hybridized carbons (Fsp3) is 0.556. The Balaban J connectivity index is 2.64. The lowest BCUT2D eigenvalue weighted by molar-refractivity contribution is -0.126. The largest absolute Gasteiger partial charge is 0.350 e. The van der Waals surface area contributed by atoms with Gasteiger partial charge in [0.05, 0.1) is 5.54 Å². The molecule has 0 aromatic heterocycles. The van der Waals surface area contributed by atoms with Gasteiger partial charge in [-0.15, -0.1) is 0 Å². The predicted molar refractivity (Wildman–Crippen MR) is 93.0 cm³/mol. The molecule has 1 unspecified atom stereocenters. The summed E-state index contributed by atoms with van der Waals surface area (Å²) < 4.78 is 0. The summed E-state index contributed by atoms with van der Waals surface area (Å²) >= 11 is 0. The molecule has 0 radical (unpaired) electrons. The average Bonchev–Trinajstić information content (AvgIpc) is 2.54. The van der Waals surface area contributed by atoms with Crippen molar-refractivity contribution in [1.82, 2.24) is 10.2 Å². The van der Waals surface area contributed by atoms with Crippen molar-refractivity contribution in [2.75, 3.05) is 13.1 Å². The molecular formula is C18H29N3O2.